The average Bonchev–Trinajstić information content (AvgIpc) is 3.43. The summed E-state index contributed by atoms with van der Waals surface area (Å²) in [6, 6.07) is 4.18. The van der Waals surface area contributed by atoms with Crippen molar-refractivity contribution in [1.82, 2.24) is 25.0 Å². The van der Waals surface area contributed by atoms with E-state index < -0.39 is 0 Å². The molecule has 0 aromatic carbocycles. The van der Waals surface area contributed by atoms with Crippen LogP contribution in [0.4, 0.5) is 5.82 Å². The second kappa shape index (κ2) is 7.18. The van der Waals surface area contributed by atoms with Crippen LogP contribution in [0.15, 0.2) is 24.5 Å². The molecule has 1 saturated carbocycles. The maximum absolute atomic E-state index is 6.39. The van der Waals surface area contributed by atoms with Crippen LogP contribution in [-0.2, 0) is 10.2 Å². The lowest BCUT2D eigenvalue weighted by Gasteiger charge is -2.38. The molecule has 4 heterocycles. The Morgan fingerprint density at radius 1 is 1.18 bits per heavy atom. The SMILES string of the molecule is NCC1(c2cc(N3CCOCC3)nc3c2cnn3-c2ccn[nH]2)CCCCC1. The molecule has 3 N–H and O–H groups in total. The minimum Gasteiger partial charge on any atom is -0.378 e. The zero-order valence-corrected chi connectivity index (χ0v) is 16.1. The molecule has 0 radical (unpaired) electrons. The molecule has 3 aromatic rings. The zero-order chi connectivity index (χ0) is 19.0. The van der Waals surface area contributed by atoms with Gasteiger partial charge in [-0.2, -0.15) is 14.9 Å². The van der Waals surface area contributed by atoms with Crippen molar-refractivity contribution in [2.45, 2.75) is 37.5 Å². The summed E-state index contributed by atoms with van der Waals surface area (Å²) in [6.07, 6.45) is 9.66. The minimum atomic E-state index is 0.00231. The van der Waals surface area contributed by atoms with E-state index >= 15 is 0 Å². The third-order valence-corrected chi connectivity index (χ3v) is 6.35. The van der Waals surface area contributed by atoms with Crippen molar-refractivity contribution in [3.63, 3.8) is 0 Å². The number of aromatic nitrogens is 5. The predicted molar refractivity (Wildman–Crippen MR) is 108 cm³/mol. The van der Waals surface area contributed by atoms with Gasteiger partial charge in [0.25, 0.3) is 0 Å². The van der Waals surface area contributed by atoms with Gasteiger partial charge in [0.15, 0.2) is 11.5 Å². The Morgan fingerprint density at radius 2 is 2.00 bits per heavy atom. The van der Waals surface area contributed by atoms with Crippen LogP contribution < -0.4 is 10.6 Å². The van der Waals surface area contributed by atoms with E-state index in [9.17, 15) is 0 Å². The first-order valence-electron chi connectivity index (χ1n) is 10.2. The number of anilines is 1. The summed E-state index contributed by atoms with van der Waals surface area (Å²) >= 11 is 0. The number of hydrogen-bond donors (Lipinski definition) is 2. The molecule has 0 amide bonds. The Bertz CT molecular complexity index is 937. The fourth-order valence-electron chi connectivity index (χ4n) is 4.74. The van der Waals surface area contributed by atoms with Crippen LogP contribution in [0.5, 0.6) is 0 Å². The van der Waals surface area contributed by atoms with Gasteiger partial charge in [0.1, 0.15) is 5.82 Å². The Balaban J connectivity index is 1.71. The van der Waals surface area contributed by atoms with Gasteiger partial charge in [-0.3, -0.25) is 5.10 Å². The predicted octanol–water partition coefficient (Wildman–Crippen LogP) is 2.14. The van der Waals surface area contributed by atoms with E-state index in [1.807, 2.05) is 16.9 Å². The highest BCUT2D eigenvalue weighted by Gasteiger charge is 2.35. The molecular formula is C20H27N7O. The summed E-state index contributed by atoms with van der Waals surface area (Å²) in [6.45, 7) is 3.83. The summed E-state index contributed by atoms with van der Waals surface area (Å²) < 4.78 is 7.39. The molecule has 1 aliphatic heterocycles. The van der Waals surface area contributed by atoms with E-state index in [0.717, 1.165) is 61.8 Å². The smallest absolute Gasteiger partial charge is 0.167 e. The van der Waals surface area contributed by atoms with Crippen molar-refractivity contribution in [2.24, 2.45) is 5.73 Å². The highest BCUT2D eigenvalue weighted by Crippen LogP contribution is 2.42. The van der Waals surface area contributed by atoms with Gasteiger partial charge in [-0.05, 0) is 24.5 Å². The first-order chi connectivity index (χ1) is 13.8. The van der Waals surface area contributed by atoms with E-state index in [0.29, 0.717) is 6.54 Å². The molecule has 1 saturated heterocycles. The lowest BCUT2D eigenvalue weighted by molar-refractivity contribution is 0.122. The Hall–Kier alpha value is -2.45. The van der Waals surface area contributed by atoms with Crippen LogP contribution in [0.3, 0.4) is 0 Å². The molecule has 1 aliphatic carbocycles. The number of hydrogen-bond acceptors (Lipinski definition) is 6. The summed E-state index contributed by atoms with van der Waals surface area (Å²) in [4.78, 5) is 7.33. The lowest BCUT2D eigenvalue weighted by atomic mass is 9.69. The second-order valence-corrected chi connectivity index (χ2v) is 7.91. The number of pyridine rings is 1. The van der Waals surface area contributed by atoms with Crippen molar-refractivity contribution < 1.29 is 4.74 Å². The molecule has 8 heteroatoms. The molecule has 5 rings (SSSR count). The van der Waals surface area contributed by atoms with Gasteiger partial charge < -0.3 is 15.4 Å². The number of nitrogens with one attached hydrogen (secondary N) is 1. The van der Waals surface area contributed by atoms with E-state index in [1.54, 1.807) is 6.20 Å². The maximum atomic E-state index is 6.39. The summed E-state index contributed by atoms with van der Waals surface area (Å²) in [5.74, 6) is 1.81. The largest absolute Gasteiger partial charge is 0.378 e. The zero-order valence-electron chi connectivity index (χ0n) is 16.1. The van der Waals surface area contributed by atoms with Gasteiger partial charge in [0.05, 0.1) is 25.6 Å². The normalized spacial score (nSPS) is 20.0. The molecule has 148 valence electrons. The number of fused-ring (bicyclic) bond motifs is 1. The second-order valence-electron chi connectivity index (χ2n) is 7.91. The Labute approximate surface area is 164 Å². The number of nitrogens with zero attached hydrogens (tertiary/aromatic N) is 5. The van der Waals surface area contributed by atoms with Gasteiger partial charge in [-0.1, -0.05) is 19.3 Å². The number of ether oxygens (including phenoxy) is 1. The molecule has 2 fully saturated rings. The Morgan fingerprint density at radius 3 is 2.71 bits per heavy atom. The molecule has 3 aromatic heterocycles. The van der Waals surface area contributed by atoms with Crippen LogP contribution in [-0.4, -0.2) is 57.8 Å². The monoisotopic (exact) mass is 381 g/mol. The van der Waals surface area contributed by atoms with Crippen LogP contribution >= 0.6 is 0 Å². The Kier molecular flexibility index (Phi) is 4.52. The summed E-state index contributed by atoms with van der Waals surface area (Å²) in [5, 5.41) is 12.8. The number of H-pyrrole nitrogens is 1. The third-order valence-electron chi connectivity index (χ3n) is 6.35. The molecule has 0 spiro atoms. The van der Waals surface area contributed by atoms with Crippen molar-refractivity contribution >= 4 is 16.9 Å². The third kappa shape index (κ3) is 2.87. The van der Waals surface area contributed by atoms with E-state index in [2.05, 4.69) is 26.3 Å². The number of nitrogens with two attached hydrogens (primary N) is 1. The van der Waals surface area contributed by atoms with Crippen LogP contribution in [0.25, 0.3) is 16.9 Å². The van der Waals surface area contributed by atoms with Gasteiger partial charge in [0.2, 0.25) is 0 Å². The molecular weight excluding hydrogens is 354 g/mol. The van der Waals surface area contributed by atoms with Crippen molar-refractivity contribution in [3.8, 4) is 5.82 Å². The molecule has 0 atom stereocenters. The fourth-order valence-corrected chi connectivity index (χ4v) is 4.74. The molecule has 28 heavy (non-hydrogen) atoms. The molecule has 2 aliphatic rings. The fraction of sp³-hybridized carbons (Fsp3) is 0.550. The molecule has 8 nitrogen and oxygen atoms in total. The first kappa shape index (κ1) is 17.6. The highest BCUT2D eigenvalue weighted by atomic mass is 16.5. The summed E-state index contributed by atoms with van der Waals surface area (Å²) in [5.41, 5.74) is 8.56. The van der Waals surface area contributed by atoms with Crippen LogP contribution in [0.1, 0.15) is 37.7 Å². The van der Waals surface area contributed by atoms with Crippen molar-refractivity contribution in [3.05, 3.63) is 30.1 Å². The quantitative estimate of drug-likeness (QED) is 0.719. The summed E-state index contributed by atoms with van der Waals surface area (Å²) in [7, 11) is 0. The van der Waals surface area contributed by atoms with E-state index in [4.69, 9.17) is 15.5 Å². The van der Waals surface area contributed by atoms with Gasteiger partial charge in [-0.15, -0.1) is 0 Å². The van der Waals surface area contributed by atoms with Gasteiger partial charge >= 0.3 is 0 Å². The first-order valence-corrected chi connectivity index (χ1v) is 10.2. The molecule has 0 bridgehead atoms. The maximum Gasteiger partial charge on any atom is 0.167 e. The molecule has 0 unspecified atom stereocenters. The van der Waals surface area contributed by atoms with Gasteiger partial charge in [0, 0.05) is 36.5 Å². The number of morpholine rings is 1. The van der Waals surface area contributed by atoms with E-state index in [1.165, 1.54) is 24.8 Å². The van der Waals surface area contributed by atoms with Crippen LogP contribution in [0.2, 0.25) is 0 Å². The number of rotatable bonds is 4. The van der Waals surface area contributed by atoms with Crippen molar-refractivity contribution in [2.75, 3.05) is 37.7 Å². The average molecular weight is 381 g/mol. The van der Waals surface area contributed by atoms with E-state index in [-0.39, 0.29) is 5.41 Å². The van der Waals surface area contributed by atoms with Crippen LogP contribution in [0, 0.1) is 0 Å². The lowest BCUT2D eigenvalue weighted by Crippen LogP contribution is -2.39. The van der Waals surface area contributed by atoms with Crippen molar-refractivity contribution in [1.29, 1.82) is 0 Å². The minimum absolute atomic E-state index is 0.00231. The topological polar surface area (TPSA) is 97.9 Å². The highest BCUT2D eigenvalue weighted by molar-refractivity contribution is 5.83. The standard InChI is InChI=1S/C20H27N7O/c21-14-20(5-2-1-3-6-20)16-12-18(26-8-10-28-11-9-26)24-19-15(16)13-23-27(19)17-4-7-22-25-17/h4,7,12-13H,1-3,5-6,8-11,14,21H2,(H,22,25). The number of aromatic amines is 1. The van der Waals surface area contributed by atoms with Gasteiger partial charge in [-0.25, -0.2) is 4.98 Å².